The Hall–Kier alpha value is -2.03. The number of rotatable bonds is 2. The van der Waals surface area contributed by atoms with Gasteiger partial charge in [0.1, 0.15) is 0 Å². The van der Waals surface area contributed by atoms with Crippen LogP contribution in [-0.2, 0) is 16.4 Å². The highest BCUT2D eigenvalue weighted by Gasteiger charge is 2.49. The van der Waals surface area contributed by atoms with Gasteiger partial charge < -0.3 is 4.90 Å². The van der Waals surface area contributed by atoms with Crippen LogP contribution in [0.1, 0.15) is 38.3 Å². The molecule has 3 nitrogen and oxygen atoms in total. The lowest BCUT2D eigenvalue weighted by Crippen LogP contribution is -2.39. The van der Waals surface area contributed by atoms with Gasteiger partial charge in [-0.15, -0.1) is 0 Å². The number of halogens is 3. The van der Waals surface area contributed by atoms with Crippen LogP contribution < -0.4 is 4.90 Å². The number of amides is 1. The molecule has 1 heterocycles. The fourth-order valence-corrected chi connectivity index (χ4v) is 3.14. The van der Waals surface area contributed by atoms with E-state index in [1.807, 2.05) is 0 Å². The molecule has 0 spiro atoms. The molecule has 1 unspecified atom stereocenters. The Balaban J connectivity index is 2.61. The van der Waals surface area contributed by atoms with Gasteiger partial charge in [0.15, 0.2) is 0 Å². The second kappa shape index (κ2) is 4.73. The molecule has 0 aromatic heterocycles. The first-order valence-corrected chi connectivity index (χ1v) is 6.83. The molecule has 1 atom stereocenters. The van der Waals surface area contributed by atoms with E-state index in [-0.39, 0.29) is 12.3 Å². The fourth-order valence-electron chi connectivity index (χ4n) is 3.14. The summed E-state index contributed by atoms with van der Waals surface area (Å²) in [7, 11) is 1.54. The number of carbonyl (C=O) groups is 1. The normalized spacial score (nSPS) is 21.7. The van der Waals surface area contributed by atoms with Gasteiger partial charge in [-0.2, -0.15) is 18.4 Å². The minimum absolute atomic E-state index is 0.161. The average molecular weight is 310 g/mol. The number of hydrogen-bond donors (Lipinski definition) is 0. The molecule has 1 aromatic rings. The molecule has 1 aromatic carbocycles. The van der Waals surface area contributed by atoms with E-state index < -0.39 is 22.6 Å². The minimum Gasteiger partial charge on any atom is -0.314 e. The number of carbonyl (C=O) groups excluding carboxylic acids is 1. The largest absolute Gasteiger partial charge is 0.416 e. The summed E-state index contributed by atoms with van der Waals surface area (Å²) in [6.45, 7) is 4.96. The molecule has 0 saturated carbocycles. The molecule has 0 saturated heterocycles. The summed E-state index contributed by atoms with van der Waals surface area (Å²) >= 11 is 0. The number of anilines is 1. The van der Waals surface area contributed by atoms with Crippen LogP contribution in [0, 0.1) is 16.7 Å². The molecule has 0 bridgehead atoms. The molecular weight excluding hydrogens is 293 g/mol. The first kappa shape index (κ1) is 16.3. The number of alkyl halides is 3. The average Bonchev–Trinajstić information content (AvgIpc) is 2.59. The van der Waals surface area contributed by atoms with Gasteiger partial charge in [0.2, 0.25) is 5.91 Å². The quantitative estimate of drug-likeness (QED) is 0.832. The van der Waals surface area contributed by atoms with Gasteiger partial charge >= 0.3 is 6.18 Å². The highest BCUT2D eigenvalue weighted by atomic mass is 19.4. The van der Waals surface area contributed by atoms with Crippen molar-refractivity contribution in [2.24, 2.45) is 5.41 Å². The Morgan fingerprint density at radius 2 is 1.91 bits per heavy atom. The number of nitrogens with zero attached hydrogens (tertiary/aromatic N) is 2. The molecule has 6 heteroatoms. The Morgan fingerprint density at radius 1 is 1.32 bits per heavy atom. The molecule has 0 aliphatic carbocycles. The second-order valence-electron chi connectivity index (χ2n) is 6.60. The number of likely N-dealkylation sites (N-methyl/N-ethyl adjacent to an activating group) is 1. The van der Waals surface area contributed by atoms with Gasteiger partial charge in [-0.3, -0.25) is 4.79 Å². The van der Waals surface area contributed by atoms with Crippen molar-refractivity contribution < 1.29 is 18.0 Å². The monoisotopic (exact) mass is 310 g/mol. The highest BCUT2D eigenvalue weighted by Crippen LogP contribution is 2.48. The predicted octanol–water partition coefficient (Wildman–Crippen LogP) is 3.88. The van der Waals surface area contributed by atoms with Crippen LogP contribution in [0.4, 0.5) is 18.9 Å². The maximum Gasteiger partial charge on any atom is 0.416 e. The number of benzene rings is 1. The molecule has 0 fully saturated rings. The summed E-state index contributed by atoms with van der Waals surface area (Å²) in [5, 5.41) is 9.20. The lowest BCUT2D eigenvalue weighted by molar-refractivity contribution is -0.137. The first-order chi connectivity index (χ1) is 9.92. The Kier molecular flexibility index (Phi) is 3.52. The van der Waals surface area contributed by atoms with Crippen molar-refractivity contribution in [2.45, 2.75) is 38.8 Å². The molecule has 0 radical (unpaired) electrons. The molecule has 118 valence electrons. The summed E-state index contributed by atoms with van der Waals surface area (Å²) in [4.78, 5) is 13.9. The van der Waals surface area contributed by atoms with Crippen LogP contribution in [0.3, 0.4) is 0 Å². The lowest BCUT2D eigenvalue weighted by atomic mass is 9.71. The number of nitriles is 1. The minimum atomic E-state index is -4.47. The first-order valence-electron chi connectivity index (χ1n) is 6.83. The van der Waals surface area contributed by atoms with Crippen LogP contribution in [0.5, 0.6) is 0 Å². The van der Waals surface area contributed by atoms with Crippen molar-refractivity contribution in [3.63, 3.8) is 0 Å². The van der Waals surface area contributed by atoms with Crippen LogP contribution >= 0.6 is 0 Å². The Labute approximate surface area is 127 Å². The molecule has 2 rings (SSSR count). The van der Waals surface area contributed by atoms with Crippen molar-refractivity contribution in [2.75, 3.05) is 11.9 Å². The van der Waals surface area contributed by atoms with Gasteiger partial charge in [-0.1, -0.05) is 0 Å². The van der Waals surface area contributed by atoms with E-state index in [4.69, 9.17) is 0 Å². The zero-order chi connectivity index (χ0) is 16.9. The summed E-state index contributed by atoms with van der Waals surface area (Å²) in [5.41, 5.74) is -1.94. The third kappa shape index (κ3) is 2.45. The molecule has 22 heavy (non-hydrogen) atoms. The summed E-state index contributed by atoms with van der Waals surface area (Å²) in [6, 6.07) is 5.44. The summed E-state index contributed by atoms with van der Waals surface area (Å²) in [6.07, 6.45) is -4.31. The van der Waals surface area contributed by atoms with Crippen molar-refractivity contribution in [3.05, 3.63) is 29.3 Å². The smallest absolute Gasteiger partial charge is 0.314 e. The van der Waals surface area contributed by atoms with E-state index in [9.17, 15) is 23.2 Å². The molecule has 0 N–H and O–H groups in total. The fraction of sp³-hybridized carbons (Fsp3) is 0.500. The summed E-state index contributed by atoms with van der Waals surface area (Å²) in [5.74, 6) is -0.287. The summed E-state index contributed by atoms with van der Waals surface area (Å²) < 4.78 is 38.9. The third-order valence-corrected chi connectivity index (χ3v) is 4.15. The molecule has 1 aliphatic heterocycles. The SMILES string of the molecule is CN1C(=O)C(C)(CC(C)(C)C#N)c2cc(C(F)(F)F)ccc21. The molecular formula is C16H17F3N2O. The van der Waals surface area contributed by atoms with Crippen molar-refractivity contribution in [1.82, 2.24) is 0 Å². The van der Waals surface area contributed by atoms with Crippen molar-refractivity contribution in [3.8, 4) is 6.07 Å². The van der Waals surface area contributed by atoms with Crippen molar-refractivity contribution >= 4 is 11.6 Å². The number of hydrogen-bond acceptors (Lipinski definition) is 2. The van der Waals surface area contributed by atoms with Gasteiger partial charge in [-0.05, 0) is 51.0 Å². The topological polar surface area (TPSA) is 44.1 Å². The maximum absolute atomic E-state index is 13.0. The zero-order valence-corrected chi connectivity index (χ0v) is 12.9. The Morgan fingerprint density at radius 3 is 2.41 bits per heavy atom. The predicted molar refractivity (Wildman–Crippen MR) is 76.2 cm³/mol. The second-order valence-corrected chi connectivity index (χ2v) is 6.60. The van der Waals surface area contributed by atoms with E-state index in [2.05, 4.69) is 6.07 Å². The van der Waals surface area contributed by atoms with Gasteiger partial charge in [0.05, 0.1) is 22.5 Å². The van der Waals surface area contributed by atoms with E-state index in [0.29, 0.717) is 11.3 Å². The zero-order valence-electron chi connectivity index (χ0n) is 12.9. The van der Waals surface area contributed by atoms with Gasteiger partial charge in [0.25, 0.3) is 0 Å². The Bertz CT molecular complexity index is 673. The van der Waals surface area contributed by atoms with Gasteiger partial charge in [-0.25, -0.2) is 0 Å². The highest BCUT2D eigenvalue weighted by molar-refractivity contribution is 6.07. The van der Waals surface area contributed by atoms with Gasteiger partial charge in [0, 0.05) is 12.7 Å². The van der Waals surface area contributed by atoms with E-state index >= 15 is 0 Å². The van der Waals surface area contributed by atoms with Crippen molar-refractivity contribution in [1.29, 1.82) is 5.26 Å². The number of fused-ring (bicyclic) bond motifs is 1. The van der Waals surface area contributed by atoms with Crippen LogP contribution in [0.15, 0.2) is 18.2 Å². The lowest BCUT2D eigenvalue weighted by Gasteiger charge is -2.29. The standard InChI is InChI=1S/C16H17F3N2O/c1-14(2,9-20)8-15(3)11-7-10(16(17,18)19)5-6-12(11)21(4)13(15)22/h5-7H,8H2,1-4H3. The van der Waals surface area contributed by atoms with Crippen LogP contribution in [-0.4, -0.2) is 13.0 Å². The van der Waals surface area contributed by atoms with Crippen LogP contribution in [0.25, 0.3) is 0 Å². The van der Waals surface area contributed by atoms with E-state index in [0.717, 1.165) is 12.1 Å². The van der Waals surface area contributed by atoms with E-state index in [1.54, 1.807) is 27.8 Å². The third-order valence-electron chi connectivity index (χ3n) is 4.15. The van der Waals surface area contributed by atoms with Crippen LogP contribution in [0.2, 0.25) is 0 Å². The maximum atomic E-state index is 13.0. The molecule has 1 aliphatic rings. The molecule has 1 amide bonds. The van der Waals surface area contributed by atoms with E-state index in [1.165, 1.54) is 11.0 Å².